The smallest absolute Gasteiger partial charge is 0.274 e. The van der Waals surface area contributed by atoms with E-state index in [1.807, 2.05) is 17.5 Å². The maximum absolute atomic E-state index is 12.5. The zero-order chi connectivity index (χ0) is 14.4. The van der Waals surface area contributed by atoms with Crippen LogP contribution in [-0.2, 0) is 11.3 Å². The Bertz CT molecular complexity index is 557. The van der Waals surface area contributed by atoms with Crippen LogP contribution in [0, 0.1) is 0 Å². The van der Waals surface area contributed by atoms with Crippen molar-refractivity contribution in [1.82, 2.24) is 9.88 Å². The largest absolute Gasteiger partial charge is 0.397 e. The first-order chi connectivity index (χ1) is 9.72. The van der Waals surface area contributed by atoms with Gasteiger partial charge in [0.1, 0.15) is 0 Å². The van der Waals surface area contributed by atoms with E-state index < -0.39 is 0 Å². The number of carbonyl (C=O) groups is 1. The zero-order valence-corrected chi connectivity index (χ0v) is 12.1. The van der Waals surface area contributed by atoms with Crippen LogP contribution in [0.25, 0.3) is 0 Å². The Morgan fingerprint density at radius 2 is 2.30 bits per heavy atom. The van der Waals surface area contributed by atoms with Gasteiger partial charge in [-0.25, -0.2) is 4.98 Å². The standard InChI is InChI=1S/C14H17N3O2S/c1-19-8-7-17(10-11-4-3-9-20-11)14(18)13-12(15)5-2-6-16-13/h2-6,9H,7-8,10,15H2,1H3. The first-order valence-electron chi connectivity index (χ1n) is 6.23. The SMILES string of the molecule is COCCN(Cc1cccs1)C(=O)c1ncccc1N. The normalized spacial score (nSPS) is 10.4. The second kappa shape index (κ2) is 7.02. The first kappa shape index (κ1) is 14.5. The lowest BCUT2D eigenvalue weighted by Gasteiger charge is -2.21. The molecule has 0 radical (unpaired) electrons. The summed E-state index contributed by atoms with van der Waals surface area (Å²) in [5, 5.41) is 1.99. The number of aromatic nitrogens is 1. The molecule has 0 fully saturated rings. The van der Waals surface area contributed by atoms with Crippen molar-refractivity contribution in [3.05, 3.63) is 46.4 Å². The summed E-state index contributed by atoms with van der Waals surface area (Å²) in [6, 6.07) is 7.36. The van der Waals surface area contributed by atoms with E-state index in [1.54, 1.807) is 41.7 Å². The summed E-state index contributed by atoms with van der Waals surface area (Å²) in [6.07, 6.45) is 1.57. The van der Waals surface area contributed by atoms with Crippen LogP contribution >= 0.6 is 11.3 Å². The van der Waals surface area contributed by atoms with Crippen LogP contribution in [0.5, 0.6) is 0 Å². The zero-order valence-electron chi connectivity index (χ0n) is 11.3. The predicted octanol–water partition coefficient (Wildman–Crippen LogP) is 2.01. The number of thiophene rings is 1. The number of carbonyl (C=O) groups excluding carboxylic acids is 1. The molecular formula is C14H17N3O2S. The molecule has 0 unspecified atom stereocenters. The molecule has 0 aliphatic heterocycles. The van der Waals surface area contributed by atoms with Crippen LogP contribution in [0.4, 0.5) is 5.69 Å². The highest BCUT2D eigenvalue weighted by atomic mass is 32.1. The Balaban J connectivity index is 2.17. The number of hydrogen-bond acceptors (Lipinski definition) is 5. The van der Waals surface area contributed by atoms with E-state index >= 15 is 0 Å². The molecule has 0 bridgehead atoms. The van der Waals surface area contributed by atoms with Crippen molar-refractivity contribution in [3.63, 3.8) is 0 Å². The number of nitrogens with two attached hydrogens (primary N) is 1. The fourth-order valence-corrected chi connectivity index (χ4v) is 2.51. The number of nitrogens with zero attached hydrogens (tertiary/aromatic N) is 2. The molecule has 0 saturated carbocycles. The summed E-state index contributed by atoms with van der Waals surface area (Å²) >= 11 is 1.62. The number of pyridine rings is 1. The maximum atomic E-state index is 12.5. The molecule has 2 heterocycles. The van der Waals surface area contributed by atoms with Gasteiger partial charge in [-0.3, -0.25) is 4.79 Å². The number of methoxy groups -OCH3 is 1. The molecule has 0 aliphatic rings. The van der Waals surface area contributed by atoms with Crippen molar-refractivity contribution >= 4 is 22.9 Å². The Kier molecular flexibility index (Phi) is 5.09. The monoisotopic (exact) mass is 291 g/mol. The molecule has 2 aromatic rings. The molecule has 1 amide bonds. The second-order valence-corrected chi connectivity index (χ2v) is 5.27. The fourth-order valence-electron chi connectivity index (χ4n) is 1.79. The number of anilines is 1. The molecule has 0 aliphatic carbocycles. The lowest BCUT2D eigenvalue weighted by Crippen LogP contribution is -2.34. The predicted molar refractivity (Wildman–Crippen MR) is 79.6 cm³/mol. The highest BCUT2D eigenvalue weighted by Crippen LogP contribution is 2.16. The molecule has 0 saturated heterocycles. The molecule has 5 nitrogen and oxygen atoms in total. The third kappa shape index (κ3) is 3.55. The van der Waals surface area contributed by atoms with Crippen molar-refractivity contribution in [2.45, 2.75) is 6.54 Å². The van der Waals surface area contributed by atoms with Gasteiger partial charge in [0.15, 0.2) is 5.69 Å². The number of nitrogen functional groups attached to an aromatic ring is 1. The van der Waals surface area contributed by atoms with Crippen LogP contribution < -0.4 is 5.73 Å². The van der Waals surface area contributed by atoms with Gasteiger partial charge in [0.2, 0.25) is 0 Å². The van der Waals surface area contributed by atoms with E-state index in [0.29, 0.717) is 31.1 Å². The van der Waals surface area contributed by atoms with E-state index in [-0.39, 0.29) is 5.91 Å². The van der Waals surface area contributed by atoms with Crippen molar-refractivity contribution in [1.29, 1.82) is 0 Å². The van der Waals surface area contributed by atoms with Crippen molar-refractivity contribution in [2.24, 2.45) is 0 Å². The van der Waals surface area contributed by atoms with Gasteiger partial charge in [0.25, 0.3) is 5.91 Å². The third-order valence-electron chi connectivity index (χ3n) is 2.82. The fraction of sp³-hybridized carbons (Fsp3) is 0.286. The third-order valence-corrected chi connectivity index (χ3v) is 3.68. The number of rotatable bonds is 6. The molecule has 2 rings (SSSR count). The van der Waals surface area contributed by atoms with Crippen LogP contribution in [0.3, 0.4) is 0 Å². The van der Waals surface area contributed by atoms with Gasteiger partial charge >= 0.3 is 0 Å². The molecule has 0 spiro atoms. The summed E-state index contributed by atoms with van der Waals surface area (Å²) in [5.74, 6) is -0.173. The summed E-state index contributed by atoms with van der Waals surface area (Å²) in [5.41, 5.74) is 6.51. The van der Waals surface area contributed by atoms with E-state index in [9.17, 15) is 4.79 Å². The number of amides is 1. The van der Waals surface area contributed by atoms with Gasteiger partial charge < -0.3 is 15.4 Å². The van der Waals surface area contributed by atoms with Crippen molar-refractivity contribution in [2.75, 3.05) is 26.0 Å². The van der Waals surface area contributed by atoms with E-state index in [0.717, 1.165) is 4.88 Å². The minimum Gasteiger partial charge on any atom is -0.397 e. The summed E-state index contributed by atoms with van der Waals surface area (Å²) in [7, 11) is 1.61. The number of hydrogen-bond donors (Lipinski definition) is 1. The molecule has 20 heavy (non-hydrogen) atoms. The average Bonchev–Trinajstić information content (AvgIpc) is 2.96. The van der Waals surface area contributed by atoms with Crippen LogP contribution in [0.15, 0.2) is 35.8 Å². The summed E-state index contributed by atoms with van der Waals surface area (Å²) in [6.45, 7) is 1.52. The van der Waals surface area contributed by atoms with Crippen LogP contribution in [0.2, 0.25) is 0 Å². The summed E-state index contributed by atoms with van der Waals surface area (Å²) in [4.78, 5) is 19.4. The second-order valence-electron chi connectivity index (χ2n) is 4.24. The lowest BCUT2D eigenvalue weighted by atomic mass is 10.2. The molecule has 106 valence electrons. The minimum atomic E-state index is -0.173. The van der Waals surface area contributed by atoms with E-state index in [2.05, 4.69) is 4.98 Å². The highest BCUT2D eigenvalue weighted by molar-refractivity contribution is 7.09. The molecule has 6 heteroatoms. The van der Waals surface area contributed by atoms with Gasteiger partial charge in [-0.05, 0) is 23.6 Å². The number of ether oxygens (including phenoxy) is 1. The van der Waals surface area contributed by atoms with E-state index in [1.165, 1.54) is 0 Å². The van der Waals surface area contributed by atoms with Crippen molar-refractivity contribution in [3.8, 4) is 0 Å². The van der Waals surface area contributed by atoms with Crippen molar-refractivity contribution < 1.29 is 9.53 Å². The highest BCUT2D eigenvalue weighted by Gasteiger charge is 2.19. The minimum absolute atomic E-state index is 0.173. The maximum Gasteiger partial charge on any atom is 0.274 e. The lowest BCUT2D eigenvalue weighted by molar-refractivity contribution is 0.0678. The van der Waals surface area contributed by atoms with E-state index in [4.69, 9.17) is 10.5 Å². The average molecular weight is 291 g/mol. The Morgan fingerprint density at radius 1 is 1.45 bits per heavy atom. The van der Waals surface area contributed by atoms with Gasteiger partial charge in [0.05, 0.1) is 18.8 Å². The Labute approximate surface area is 122 Å². The van der Waals surface area contributed by atoms with Crippen LogP contribution in [-0.4, -0.2) is 36.1 Å². The molecule has 2 aromatic heterocycles. The van der Waals surface area contributed by atoms with Gasteiger partial charge in [0, 0.05) is 24.7 Å². The molecular weight excluding hydrogens is 274 g/mol. The quantitative estimate of drug-likeness (QED) is 0.884. The first-order valence-corrected chi connectivity index (χ1v) is 7.11. The Hall–Kier alpha value is -1.92. The van der Waals surface area contributed by atoms with Gasteiger partial charge in [-0.1, -0.05) is 6.07 Å². The van der Waals surface area contributed by atoms with Crippen LogP contribution in [0.1, 0.15) is 15.4 Å². The Morgan fingerprint density at radius 3 is 2.95 bits per heavy atom. The molecule has 0 atom stereocenters. The topological polar surface area (TPSA) is 68.5 Å². The summed E-state index contributed by atoms with van der Waals surface area (Å²) < 4.78 is 5.07. The van der Waals surface area contributed by atoms with Gasteiger partial charge in [-0.2, -0.15) is 0 Å². The molecule has 2 N–H and O–H groups in total. The van der Waals surface area contributed by atoms with Gasteiger partial charge in [-0.15, -0.1) is 11.3 Å². The molecule has 0 aromatic carbocycles.